The molecule has 1 amide bonds. The van der Waals surface area contributed by atoms with Gasteiger partial charge in [-0.1, -0.05) is 12.1 Å². The summed E-state index contributed by atoms with van der Waals surface area (Å²) in [5.41, 5.74) is -0.110. The fourth-order valence-electron chi connectivity index (χ4n) is 4.09. The average Bonchev–Trinajstić information content (AvgIpc) is 2.67. The summed E-state index contributed by atoms with van der Waals surface area (Å²) in [6.07, 6.45) is 0.762. The van der Waals surface area contributed by atoms with Crippen molar-refractivity contribution in [3.63, 3.8) is 0 Å². The molecule has 1 atom stereocenters. The molecule has 0 aromatic heterocycles. The molecule has 1 N–H and O–H groups in total. The van der Waals surface area contributed by atoms with Gasteiger partial charge in [-0.15, -0.1) is 0 Å². The molecule has 1 aromatic carbocycles. The molecule has 0 bridgehead atoms. The number of aliphatic carboxylic acids is 1. The Balaban J connectivity index is 1.76. The van der Waals surface area contributed by atoms with Gasteiger partial charge in [-0.05, 0) is 37.6 Å². The number of nitrogens with zero attached hydrogens (tertiary/aromatic N) is 2. The minimum Gasteiger partial charge on any atom is -0.480 e. The first-order valence-electron chi connectivity index (χ1n) is 9.56. The molecule has 154 valence electrons. The van der Waals surface area contributed by atoms with Crippen molar-refractivity contribution in [2.24, 2.45) is 0 Å². The molecule has 2 heterocycles. The second kappa shape index (κ2) is 8.98. The Labute approximate surface area is 164 Å². The Hall–Kier alpha value is -2.03. The van der Waals surface area contributed by atoms with Crippen LogP contribution in [-0.2, 0) is 24.5 Å². The maximum atomic E-state index is 13.9. The Kier molecular flexibility index (Phi) is 6.64. The van der Waals surface area contributed by atoms with Gasteiger partial charge in [-0.3, -0.25) is 14.5 Å². The van der Waals surface area contributed by atoms with Gasteiger partial charge in [0.1, 0.15) is 5.82 Å². The molecular weight excluding hydrogens is 367 g/mol. The summed E-state index contributed by atoms with van der Waals surface area (Å²) in [6.45, 7) is 2.50. The first kappa shape index (κ1) is 20.7. The molecule has 7 nitrogen and oxygen atoms in total. The van der Waals surface area contributed by atoms with Gasteiger partial charge in [0.05, 0.1) is 24.7 Å². The molecule has 8 heteroatoms. The zero-order valence-electron chi connectivity index (χ0n) is 16.1. The van der Waals surface area contributed by atoms with E-state index in [1.54, 1.807) is 22.9 Å². The molecule has 0 aliphatic carbocycles. The van der Waals surface area contributed by atoms with Crippen molar-refractivity contribution in [2.45, 2.75) is 24.4 Å². The SMILES string of the molecule is CN(CC(=O)O)CC1CN(C(=O)C2(c3cccc(F)c3)CCOCC2)CCO1. The van der Waals surface area contributed by atoms with E-state index >= 15 is 0 Å². The number of rotatable bonds is 6. The molecule has 2 fully saturated rings. The van der Waals surface area contributed by atoms with E-state index in [9.17, 15) is 14.0 Å². The van der Waals surface area contributed by atoms with E-state index in [-0.39, 0.29) is 24.4 Å². The summed E-state index contributed by atoms with van der Waals surface area (Å²) >= 11 is 0. The molecule has 0 saturated carbocycles. The topological polar surface area (TPSA) is 79.3 Å². The summed E-state index contributed by atoms with van der Waals surface area (Å²) < 4.78 is 25.1. The maximum Gasteiger partial charge on any atom is 0.317 e. The summed E-state index contributed by atoms with van der Waals surface area (Å²) in [5.74, 6) is -1.29. The number of hydrogen-bond acceptors (Lipinski definition) is 5. The van der Waals surface area contributed by atoms with Gasteiger partial charge >= 0.3 is 5.97 Å². The minimum absolute atomic E-state index is 0.0319. The van der Waals surface area contributed by atoms with Gasteiger partial charge in [0, 0.05) is 32.8 Å². The zero-order valence-corrected chi connectivity index (χ0v) is 16.1. The Morgan fingerprint density at radius 2 is 2.07 bits per heavy atom. The van der Waals surface area contributed by atoms with Gasteiger partial charge < -0.3 is 19.5 Å². The predicted octanol–water partition coefficient (Wildman–Crippen LogP) is 1.12. The van der Waals surface area contributed by atoms with Gasteiger partial charge in [-0.25, -0.2) is 4.39 Å². The molecule has 3 rings (SSSR count). The van der Waals surface area contributed by atoms with Crippen molar-refractivity contribution in [3.8, 4) is 0 Å². The molecule has 0 radical (unpaired) electrons. The smallest absolute Gasteiger partial charge is 0.317 e. The van der Waals surface area contributed by atoms with Crippen LogP contribution in [0.5, 0.6) is 0 Å². The molecule has 0 spiro atoms. The fraction of sp³-hybridized carbons (Fsp3) is 0.600. The van der Waals surface area contributed by atoms with Gasteiger partial charge in [0.25, 0.3) is 0 Å². The number of amides is 1. The van der Waals surface area contributed by atoms with Gasteiger partial charge in [0.2, 0.25) is 5.91 Å². The van der Waals surface area contributed by atoms with Crippen molar-refractivity contribution in [3.05, 3.63) is 35.6 Å². The lowest BCUT2D eigenvalue weighted by molar-refractivity contribution is -0.150. The van der Waals surface area contributed by atoms with E-state index < -0.39 is 11.4 Å². The molecule has 2 saturated heterocycles. The van der Waals surface area contributed by atoms with Gasteiger partial charge in [0.15, 0.2) is 0 Å². The number of benzene rings is 1. The highest BCUT2D eigenvalue weighted by Gasteiger charge is 2.45. The standard InChI is InChI=1S/C20H27FN2O5/c1-22(14-18(24)25)12-17-13-23(7-10-28-17)19(26)20(5-8-27-9-6-20)15-3-2-4-16(21)11-15/h2-4,11,17H,5-10,12-14H2,1H3,(H,24,25). The molecule has 28 heavy (non-hydrogen) atoms. The zero-order chi connectivity index (χ0) is 20.1. The van der Waals surface area contributed by atoms with E-state index in [1.807, 2.05) is 6.07 Å². The first-order valence-corrected chi connectivity index (χ1v) is 9.56. The number of ether oxygens (including phenoxy) is 2. The number of morpholine rings is 1. The molecular formula is C20H27FN2O5. The largest absolute Gasteiger partial charge is 0.480 e. The van der Waals surface area contributed by atoms with E-state index in [0.29, 0.717) is 57.9 Å². The van der Waals surface area contributed by atoms with Crippen molar-refractivity contribution in [1.82, 2.24) is 9.80 Å². The summed E-state index contributed by atoms with van der Waals surface area (Å²) in [4.78, 5) is 27.9. The molecule has 2 aliphatic heterocycles. The van der Waals surface area contributed by atoms with Crippen LogP contribution in [0.25, 0.3) is 0 Å². The number of hydrogen-bond donors (Lipinski definition) is 1. The third kappa shape index (κ3) is 4.68. The Morgan fingerprint density at radius 3 is 2.75 bits per heavy atom. The molecule has 2 aliphatic rings. The maximum absolute atomic E-state index is 13.9. The number of carbonyl (C=O) groups is 2. The van der Waals surface area contributed by atoms with Crippen LogP contribution in [0.2, 0.25) is 0 Å². The summed E-state index contributed by atoms with van der Waals surface area (Å²) in [5, 5.41) is 8.92. The van der Waals surface area contributed by atoms with E-state index in [4.69, 9.17) is 14.6 Å². The van der Waals surface area contributed by atoms with E-state index in [1.165, 1.54) is 12.1 Å². The van der Waals surface area contributed by atoms with E-state index in [0.717, 1.165) is 0 Å². The Bertz CT molecular complexity index is 708. The lowest BCUT2D eigenvalue weighted by atomic mass is 9.72. The number of carbonyl (C=O) groups excluding carboxylic acids is 1. The van der Waals surface area contributed by atoms with Crippen LogP contribution >= 0.6 is 0 Å². The average molecular weight is 394 g/mol. The Morgan fingerprint density at radius 1 is 1.32 bits per heavy atom. The molecule has 1 unspecified atom stereocenters. The molecule has 1 aromatic rings. The van der Waals surface area contributed by atoms with Crippen molar-refractivity contribution in [1.29, 1.82) is 0 Å². The van der Waals surface area contributed by atoms with E-state index in [2.05, 4.69) is 0 Å². The third-order valence-corrected chi connectivity index (χ3v) is 5.48. The quantitative estimate of drug-likeness (QED) is 0.779. The van der Waals surface area contributed by atoms with Crippen LogP contribution in [0.1, 0.15) is 18.4 Å². The number of likely N-dealkylation sites (N-methyl/N-ethyl adjacent to an activating group) is 1. The highest BCUT2D eigenvalue weighted by Crippen LogP contribution is 2.37. The van der Waals surface area contributed by atoms with Gasteiger partial charge in [-0.2, -0.15) is 0 Å². The van der Waals surface area contributed by atoms with Crippen LogP contribution in [-0.4, -0.2) is 85.9 Å². The number of halogens is 1. The second-order valence-electron chi connectivity index (χ2n) is 7.54. The van der Waals surface area contributed by atoms with Crippen LogP contribution < -0.4 is 0 Å². The van der Waals surface area contributed by atoms with Crippen molar-refractivity contribution >= 4 is 11.9 Å². The highest BCUT2D eigenvalue weighted by molar-refractivity contribution is 5.88. The third-order valence-electron chi connectivity index (χ3n) is 5.48. The second-order valence-corrected chi connectivity index (χ2v) is 7.54. The fourth-order valence-corrected chi connectivity index (χ4v) is 4.09. The summed E-state index contributed by atoms with van der Waals surface area (Å²) in [7, 11) is 1.71. The van der Waals surface area contributed by atoms with Crippen LogP contribution in [0.4, 0.5) is 4.39 Å². The highest BCUT2D eigenvalue weighted by atomic mass is 19.1. The normalized spacial score (nSPS) is 22.2. The first-order chi connectivity index (χ1) is 13.4. The summed E-state index contributed by atoms with van der Waals surface area (Å²) in [6, 6.07) is 6.27. The predicted molar refractivity (Wildman–Crippen MR) is 99.6 cm³/mol. The lowest BCUT2D eigenvalue weighted by Gasteiger charge is -2.43. The monoisotopic (exact) mass is 394 g/mol. The van der Waals surface area contributed by atoms with Crippen LogP contribution in [0.3, 0.4) is 0 Å². The van der Waals surface area contributed by atoms with Crippen LogP contribution in [0, 0.1) is 5.82 Å². The number of carboxylic acid groups (broad SMARTS) is 1. The minimum atomic E-state index is -0.904. The van der Waals surface area contributed by atoms with Crippen molar-refractivity contribution < 1.29 is 28.6 Å². The number of carboxylic acids is 1. The van der Waals surface area contributed by atoms with Crippen molar-refractivity contribution in [2.75, 3.05) is 53.0 Å². The lowest BCUT2D eigenvalue weighted by Crippen LogP contribution is -2.56. The van der Waals surface area contributed by atoms with Crippen LogP contribution in [0.15, 0.2) is 24.3 Å².